The number of aryl methyl sites for hydroxylation is 1. The number of benzene rings is 2. The molecule has 0 spiro atoms. The Balaban J connectivity index is 1.44. The van der Waals surface area contributed by atoms with Crippen molar-refractivity contribution in [1.82, 2.24) is 24.9 Å². The number of aromatic nitrogens is 3. The highest BCUT2D eigenvalue weighted by Gasteiger charge is 2.21. The molecule has 1 aliphatic rings. The topological polar surface area (TPSA) is 122 Å². The fourth-order valence-corrected chi connectivity index (χ4v) is 5.39. The first-order valence-electron chi connectivity index (χ1n) is 14.1. The maximum absolute atomic E-state index is 13.2. The quantitative estimate of drug-likeness (QED) is 0.251. The van der Waals surface area contributed by atoms with E-state index in [1.807, 2.05) is 36.4 Å². The summed E-state index contributed by atoms with van der Waals surface area (Å²) < 4.78 is 1.73. The zero-order valence-electron chi connectivity index (χ0n) is 23.5. The van der Waals surface area contributed by atoms with E-state index in [4.69, 9.17) is 9.82 Å². The van der Waals surface area contributed by atoms with E-state index in [-0.39, 0.29) is 17.6 Å². The Labute approximate surface area is 239 Å². The number of aliphatic hydroxyl groups is 1. The Morgan fingerprint density at radius 1 is 1.10 bits per heavy atom. The number of amides is 1. The van der Waals surface area contributed by atoms with Gasteiger partial charge in [0.1, 0.15) is 5.56 Å². The number of hydrogen-bond donors (Lipinski definition) is 3. The molecule has 3 N–H and O–H groups in total. The summed E-state index contributed by atoms with van der Waals surface area (Å²) in [5, 5.41) is 12.7. The van der Waals surface area contributed by atoms with Crippen LogP contribution in [0.4, 0.5) is 11.6 Å². The van der Waals surface area contributed by atoms with Gasteiger partial charge in [-0.05, 0) is 73.7 Å². The van der Waals surface area contributed by atoms with E-state index in [2.05, 4.69) is 39.7 Å². The van der Waals surface area contributed by atoms with E-state index in [9.17, 15) is 14.7 Å². The largest absolute Gasteiger partial charge is 0.395 e. The molecule has 1 aliphatic heterocycles. The molecular weight excluding hydrogens is 520 g/mol. The van der Waals surface area contributed by atoms with Crippen molar-refractivity contribution >= 4 is 28.6 Å². The van der Waals surface area contributed by atoms with Crippen molar-refractivity contribution in [2.45, 2.75) is 38.5 Å². The fourth-order valence-electron chi connectivity index (χ4n) is 5.39. The Hall–Kier alpha value is -4.12. The number of carbonyl (C=O) groups excluding carboxylic acids is 1. The number of likely N-dealkylation sites (tertiary alicyclic amines) is 1. The van der Waals surface area contributed by atoms with Crippen molar-refractivity contribution in [2.75, 3.05) is 38.7 Å². The van der Waals surface area contributed by atoms with Crippen molar-refractivity contribution < 1.29 is 14.7 Å². The maximum Gasteiger partial charge on any atom is 0.280 e. The molecule has 0 atom stereocenters. The summed E-state index contributed by atoms with van der Waals surface area (Å²) in [7, 11) is 1.32. The van der Waals surface area contributed by atoms with Crippen LogP contribution < -0.4 is 16.2 Å². The average Bonchev–Trinajstić information content (AvgIpc) is 2.99. The minimum absolute atomic E-state index is 0.0703. The van der Waals surface area contributed by atoms with E-state index in [1.165, 1.54) is 30.6 Å². The highest BCUT2D eigenvalue weighted by Crippen LogP contribution is 2.29. The monoisotopic (exact) mass is 556 g/mol. The third-order valence-electron chi connectivity index (χ3n) is 7.58. The van der Waals surface area contributed by atoms with Crippen molar-refractivity contribution in [3.63, 3.8) is 0 Å². The number of anilines is 2. The Morgan fingerprint density at radius 2 is 1.83 bits per heavy atom. The van der Waals surface area contributed by atoms with Crippen LogP contribution in [0.25, 0.3) is 16.7 Å². The van der Waals surface area contributed by atoms with Crippen LogP contribution in [-0.4, -0.2) is 63.8 Å². The summed E-state index contributed by atoms with van der Waals surface area (Å²) in [5.41, 5.74) is 6.16. The molecule has 4 aromatic rings. The van der Waals surface area contributed by atoms with Gasteiger partial charge >= 0.3 is 0 Å². The molecule has 0 bridgehead atoms. The van der Waals surface area contributed by atoms with E-state index < -0.39 is 11.3 Å². The van der Waals surface area contributed by atoms with Crippen LogP contribution in [0.5, 0.6) is 0 Å². The van der Waals surface area contributed by atoms with Crippen LogP contribution in [-0.2, 0) is 11.3 Å². The van der Waals surface area contributed by atoms with E-state index in [1.54, 1.807) is 4.57 Å². The number of hydroxylamine groups is 1. The summed E-state index contributed by atoms with van der Waals surface area (Å²) in [6.07, 6.45) is 7.08. The minimum Gasteiger partial charge on any atom is -0.395 e. The summed E-state index contributed by atoms with van der Waals surface area (Å²) >= 11 is 0. The van der Waals surface area contributed by atoms with Gasteiger partial charge in [0, 0.05) is 30.3 Å². The highest BCUT2D eigenvalue weighted by atomic mass is 16.6. The summed E-state index contributed by atoms with van der Waals surface area (Å²) in [5.74, 6) is 0.197. The van der Waals surface area contributed by atoms with E-state index in [0.29, 0.717) is 17.5 Å². The van der Waals surface area contributed by atoms with Crippen LogP contribution in [0.1, 0.15) is 53.6 Å². The number of β-amino-alcohol motifs (C(OH)–C–C–N with tert-alkyl or cyclic N) is 1. The van der Waals surface area contributed by atoms with Gasteiger partial charge in [0.15, 0.2) is 5.65 Å². The first-order valence-corrected chi connectivity index (χ1v) is 14.1. The predicted molar refractivity (Wildman–Crippen MR) is 159 cm³/mol. The lowest BCUT2D eigenvalue weighted by molar-refractivity contribution is 0.0536. The molecular formula is C31H36N6O4. The first kappa shape index (κ1) is 28.4. The normalized spacial score (nSPS) is 14.3. The Morgan fingerprint density at radius 3 is 2.49 bits per heavy atom. The second-order valence-electron chi connectivity index (χ2n) is 10.3. The van der Waals surface area contributed by atoms with Gasteiger partial charge in [0.25, 0.3) is 5.91 Å². The van der Waals surface area contributed by atoms with Gasteiger partial charge in [-0.15, -0.1) is 0 Å². The first-order chi connectivity index (χ1) is 20.0. The van der Waals surface area contributed by atoms with E-state index in [0.717, 1.165) is 56.7 Å². The number of piperidine rings is 1. The molecule has 0 unspecified atom stereocenters. The molecule has 3 heterocycles. The molecule has 5 rings (SSSR count). The molecule has 41 heavy (non-hydrogen) atoms. The van der Waals surface area contributed by atoms with Crippen molar-refractivity contribution in [3.05, 3.63) is 87.8 Å². The number of pyridine rings is 1. The van der Waals surface area contributed by atoms with Crippen LogP contribution in [0.2, 0.25) is 0 Å². The molecule has 1 fully saturated rings. The molecule has 0 aliphatic carbocycles. The fraction of sp³-hybridized carbons (Fsp3) is 0.355. The molecule has 1 saturated heterocycles. The lowest BCUT2D eigenvalue weighted by Gasteiger charge is -2.31. The number of hydrogen-bond acceptors (Lipinski definition) is 8. The third kappa shape index (κ3) is 6.45. The number of nitrogens with zero attached hydrogens (tertiary/aromatic N) is 4. The van der Waals surface area contributed by atoms with Crippen molar-refractivity contribution in [2.24, 2.45) is 0 Å². The second-order valence-corrected chi connectivity index (χ2v) is 10.3. The summed E-state index contributed by atoms with van der Waals surface area (Å²) in [6.45, 7) is 5.06. The lowest BCUT2D eigenvalue weighted by atomic mass is 9.89. The lowest BCUT2D eigenvalue weighted by Crippen LogP contribution is -2.34. The van der Waals surface area contributed by atoms with Gasteiger partial charge in [-0.2, -0.15) is 4.98 Å². The number of aliphatic hydroxyl groups excluding tert-OH is 1. The molecule has 1 amide bonds. The second kappa shape index (κ2) is 13.0. The van der Waals surface area contributed by atoms with Gasteiger partial charge in [-0.3, -0.25) is 14.4 Å². The van der Waals surface area contributed by atoms with Crippen molar-refractivity contribution in [1.29, 1.82) is 0 Å². The van der Waals surface area contributed by atoms with Crippen LogP contribution in [0, 0.1) is 0 Å². The average molecular weight is 557 g/mol. The SMILES string of the molecule is CCCc1ccc(-n2cc(C(=O)NOC)c(=O)c3cnc(Nc4ccc(C5CCN(CCO)CC5)cc4)nc32)cc1. The van der Waals surface area contributed by atoms with Crippen LogP contribution >= 0.6 is 0 Å². The van der Waals surface area contributed by atoms with E-state index >= 15 is 0 Å². The molecule has 10 heteroatoms. The van der Waals surface area contributed by atoms with Gasteiger partial charge < -0.3 is 19.9 Å². The smallest absolute Gasteiger partial charge is 0.280 e. The molecule has 214 valence electrons. The number of rotatable bonds is 10. The maximum atomic E-state index is 13.2. The van der Waals surface area contributed by atoms with Crippen molar-refractivity contribution in [3.8, 4) is 5.69 Å². The highest BCUT2D eigenvalue weighted by molar-refractivity contribution is 5.96. The van der Waals surface area contributed by atoms with Gasteiger partial charge in [0.2, 0.25) is 11.4 Å². The summed E-state index contributed by atoms with van der Waals surface area (Å²) in [6, 6.07) is 16.3. The van der Waals surface area contributed by atoms with Gasteiger partial charge in [-0.25, -0.2) is 10.5 Å². The molecule has 2 aromatic heterocycles. The molecule has 0 saturated carbocycles. The third-order valence-corrected chi connectivity index (χ3v) is 7.58. The number of carbonyl (C=O) groups is 1. The molecule has 2 aromatic carbocycles. The summed E-state index contributed by atoms with van der Waals surface area (Å²) in [4.78, 5) is 42.0. The zero-order chi connectivity index (χ0) is 28.8. The van der Waals surface area contributed by atoms with Crippen LogP contribution in [0.15, 0.2) is 65.7 Å². The minimum atomic E-state index is -0.642. The Bertz CT molecular complexity index is 1540. The van der Waals surface area contributed by atoms with Crippen LogP contribution in [0.3, 0.4) is 0 Å². The molecule has 0 radical (unpaired) electrons. The Kier molecular flexibility index (Phi) is 9.03. The number of nitrogens with one attached hydrogen (secondary N) is 2. The standard InChI is InChI=1S/C31H36N6O4/c1-3-4-21-5-11-25(12-6-21)37-20-27(30(40)35-41-2)28(39)26-19-32-31(34-29(26)37)33-24-9-7-22(8-10-24)23-13-15-36(16-14-23)17-18-38/h5-12,19-20,23,38H,3-4,13-18H2,1-2H3,(H,35,40)(H,32,33,34). The van der Waals surface area contributed by atoms with Gasteiger partial charge in [0.05, 0.1) is 19.1 Å². The molecule has 10 nitrogen and oxygen atoms in total. The zero-order valence-corrected chi connectivity index (χ0v) is 23.5. The van der Waals surface area contributed by atoms with Gasteiger partial charge in [-0.1, -0.05) is 37.6 Å². The number of fused-ring (bicyclic) bond motifs is 1. The predicted octanol–water partition coefficient (Wildman–Crippen LogP) is 3.94.